The summed E-state index contributed by atoms with van der Waals surface area (Å²) in [6, 6.07) is 17.3. The van der Waals surface area contributed by atoms with E-state index in [1.54, 1.807) is 0 Å². The largest absolute Gasteiger partial charge is 0.394 e. The van der Waals surface area contributed by atoms with E-state index in [9.17, 15) is 9.90 Å². The normalized spacial score (nSPS) is 11.9. The molecule has 0 radical (unpaired) electrons. The van der Waals surface area contributed by atoms with Gasteiger partial charge in [0.15, 0.2) is 0 Å². The molecule has 2 aromatic carbocycles. The average molecular weight is 284 g/mol. The highest BCUT2D eigenvalue weighted by molar-refractivity contribution is 5.89. The lowest BCUT2D eigenvalue weighted by molar-refractivity contribution is -0.114. The van der Waals surface area contributed by atoms with E-state index in [4.69, 9.17) is 0 Å². The van der Waals surface area contributed by atoms with Crippen LogP contribution in [0.4, 0.5) is 5.69 Å². The predicted molar refractivity (Wildman–Crippen MR) is 83.9 cm³/mol. The Hall–Kier alpha value is -2.17. The second kappa shape index (κ2) is 7.57. The molecule has 0 aliphatic rings. The Morgan fingerprint density at radius 2 is 1.76 bits per heavy atom. The molecule has 0 aliphatic heterocycles. The molecule has 0 bridgehead atoms. The first-order valence-corrected chi connectivity index (χ1v) is 6.95. The third-order valence-corrected chi connectivity index (χ3v) is 3.25. The van der Waals surface area contributed by atoms with Crippen molar-refractivity contribution >= 4 is 11.6 Å². The molecule has 0 fully saturated rings. The van der Waals surface area contributed by atoms with Crippen LogP contribution < -0.4 is 10.6 Å². The quantitative estimate of drug-likeness (QED) is 0.763. The van der Waals surface area contributed by atoms with Crippen molar-refractivity contribution in [2.45, 2.75) is 19.5 Å². The predicted octanol–water partition coefficient (Wildman–Crippen LogP) is 2.47. The SMILES string of the molecule is CC(=O)Nc1ccccc1CN[C@@H](CO)c1ccccc1. The molecule has 110 valence electrons. The molecule has 21 heavy (non-hydrogen) atoms. The maximum Gasteiger partial charge on any atom is 0.221 e. The number of anilines is 1. The minimum Gasteiger partial charge on any atom is -0.394 e. The number of amides is 1. The second-order valence-electron chi connectivity index (χ2n) is 4.87. The van der Waals surface area contributed by atoms with Crippen LogP contribution in [-0.2, 0) is 11.3 Å². The van der Waals surface area contributed by atoms with E-state index in [2.05, 4.69) is 10.6 Å². The zero-order chi connectivity index (χ0) is 15.1. The first-order chi connectivity index (χ1) is 10.2. The number of carbonyl (C=O) groups is 1. The number of para-hydroxylation sites is 1. The molecule has 2 aromatic rings. The van der Waals surface area contributed by atoms with Crippen LogP contribution in [0.25, 0.3) is 0 Å². The van der Waals surface area contributed by atoms with Gasteiger partial charge in [0.25, 0.3) is 0 Å². The fourth-order valence-electron chi connectivity index (χ4n) is 2.19. The van der Waals surface area contributed by atoms with Gasteiger partial charge in [-0.05, 0) is 17.2 Å². The van der Waals surface area contributed by atoms with Gasteiger partial charge in [0.05, 0.1) is 12.6 Å². The molecule has 3 N–H and O–H groups in total. The highest BCUT2D eigenvalue weighted by Crippen LogP contribution is 2.17. The number of carbonyl (C=O) groups excluding carboxylic acids is 1. The first-order valence-electron chi connectivity index (χ1n) is 6.95. The summed E-state index contributed by atoms with van der Waals surface area (Å²) in [6.07, 6.45) is 0. The number of nitrogens with one attached hydrogen (secondary N) is 2. The van der Waals surface area contributed by atoms with Gasteiger partial charge in [0.1, 0.15) is 0 Å². The Labute approximate surface area is 124 Å². The van der Waals surface area contributed by atoms with E-state index in [-0.39, 0.29) is 18.6 Å². The molecule has 0 heterocycles. The topological polar surface area (TPSA) is 61.4 Å². The van der Waals surface area contributed by atoms with Crippen molar-refractivity contribution in [2.24, 2.45) is 0 Å². The number of rotatable bonds is 6. The van der Waals surface area contributed by atoms with Crippen molar-refractivity contribution in [1.29, 1.82) is 0 Å². The lowest BCUT2D eigenvalue weighted by Crippen LogP contribution is -2.24. The Morgan fingerprint density at radius 1 is 1.10 bits per heavy atom. The number of aliphatic hydroxyl groups excluding tert-OH is 1. The molecular formula is C17H20N2O2. The lowest BCUT2D eigenvalue weighted by Gasteiger charge is -2.18. The Bertz CT molecular complexity index is 584. The van der Waals surface area contributed by atoms with E-state index in [0.29, 0.717) is 6.54 Å². The van der Waals surface area contributed by atoms with Crippen molar-refractivity contribution in [3.05, 3.63) is 65.7 Å². The van der Waals surface area contributed by atoms with Crippen LogP contribution in [0.1, 0.15) is 24.1 Å². The molecule has 2 rings (SSSR count). The fourth-order valence-corrected chi connectivity index (χ4v) is 2.19. The zero-order valence-corrected chi connectivity index (χ0v) is 12.0. The van der Waals surface area contributed by atoms with Crippen LogP contribution in [0, 0.1) is 0 Å². The third kappa shape index (κ3) is 4.41. The summed E-state index contributed by atoms with van der Waals surface area (Å²) in [4.78, 5) is 11.2. The summed E-state index contributed by atoms with van der Waals surface area (Å²) in [6.45, 7) is 2.08. The molecule has 0 aliphatic carbocycles. The molecule has 0 aromatic heterocycles. The van der Waals surface area contributed by atoms with Gasteiger partial charge in [-0.2, -0.15) is 0 Å². The molecule has 0 unspecified atom stereocenters. The molecule has 0 saturated heterocycles. The summed E-state index contributed by atoms with van der Waals surface area (Å²) >= 11 is 0. The van der Waals surface area contributed by atoms with Crippen molar-refractivity contribution in [2.75, 3.05) is 11.9 Å². The summed E-state index contributed by atoms with van der Waals surface area (Å²) in [7, 11) is 0. The van der Waals surface area contributed by atoms with Crippen LogP contribution in [0.3, 0.4) is 0 Å². The summed E-state index contributed by atoms with van der Waals surface area (Å²) in [5.74, 6) is -0.0933. The molecule has 4 heteroatoms. The van der Waals surface area contributed by atoms with Crippen molar-refractivity contribution in [3.8, 4) is 0 Å². The summed E-state index contributed by atoms with van der Waals surface area (Å²) in [5.41, 5.74) is 2.82. The van der Waals surface area contributed by atoms with Gasteiger partial charge < -0.3 is 15.7 Å². The van der Waals surface area contributed by atoms with Crippen LogP contribution >= 0.6 is 0 Å². The monoisotopic (exact) mass is 284 g/mol. The maximum absolute atomic E-state index is 11.2. The Balaban J connectivity index is 2.06. The number of aliphatic hydroxyl groups is 1. The lowest BCUT2D eigenvalue weighted by atomic mass is 10.1. The van der Waals surface area contributed by atoms with E-state index in [1.165, 1.54) is 6.92 Å². The van der Waals surface area contributed by atoms with Crippen LogP contribution in [0.2, 0.25) is 0 Å². The Kier molecular flexibility index (Phi) is 5.49. The average Bonchev–Trinajstić information content (AvgIpc) is 2.50. The number of benzene rings is 2. The maximum atomic E-state index is 11.2. The smallest absolute Gasteiger partial charge is 0.221 e. The second-order valence-corrected chi connectivity index (χ2v) is 4.87. The number of hydrogen-bond donors (Lipinski definition) is 3. The standard InChI is InChI=1S/C17H20N2O2/c1-13(21)19-16-10-6-5-9-15(16)11-18-17(12-20)14-7-3-2-4-8-14/h2-10,17-18,20H,11-12H2,1H3,(H,19,21)/t17-/m0/s1. The van der Waals surface area contributed by atoms with Gasteiger partial charge in [-0.25, -0.2) is 0 Å². The fraction of sp³-hybridized carbons (Fsp3) is 0.235. The third-order valence-electron chi connectivity index (χ3n) is 3.25. The highest BCUT2D eigenvalue weighted by Gasteiger charge is 2.10. The number of hydrogen-bond acceptors (Lipinski definition) is 3. The van der Waals surface area contributed by atoms with Crippen LogP contribution in [0.15, 0.2) is 54.6 Å². The van der Waals surface area contributed by atoms with Gasteiger partial charge in [0, 0.05) is 19.2 Å². The van der Waals surface area contributed by atoms with Crippen molar-refractivity contribution < 1.29 is 9.90 Å². The van der Waals surface area contributed by atoms with Gasteiger partial charge >= 0.3 is 0 Å². The Morgan fingerprint density at radius 3 is 2.43 bits per heavy atom. The summed E-state index contributed by atoms with van der Waals surface area (Å²) in [5, 5.41) is 15.7. The van der Waals surface area contributed by atoms with Crippen molar-refractivity contribution in [3.63, 3.8) is 0 Å². The minimum atomic E-state index is -0.128. The van der Waals surface area contributed by atoms with Crippen LogP contribution in [0.5, 0.6) is 0 Å². The van der Waals surface area contributed by atoms with E-state index in [1.807, 2.05) is 54.6 Å². The van der Waals surface area contributed by atoms with E-state index >= 15 is 0 Å². The van der Waals surface area contributed by atoms with E-state index < -0.39 is 0 Å². The van der Waals surface area contributed by atoms with Gasteiger partial charge in [-0.3, -0.25) is 4.79 Å². The van der Waals surface area contributed by atoms with Crippen molar-refractivity contribution in [1.82, 2.24) is 5.32 Å². The van der Waals surface area contributed by atoms with Gasteiger partial charge in [0.2, 0.25) is 5.91 Å². The summed E-state index contributed by atoms with van der Waals surface area (Å²) < 4.78 is 0. The molecule has 0 saturated carbocycles. The molecular weight excluding hydrogens is 264 g/mol. The molecule has 1 atom stereocenters. The minimum absolute atomic E-state index is 0.0202. The zero-order valence-electron chi connectivity index (χ0n) is 12.0. The highest BCUT2D eigenvalue weighted by atomic mass is 16.3. The first kappa shape index (κ1) is 15.2. The molecule has 0 spiro atoms. The molecule has 4 nitrogen and oxygen atoms in total. The van der Waals surface area contributed by atoms with Gasteiger partial charge in [-0.1, -0.05) is 48.5 Å². The van der Waals surface area contributed by atoms with Gasteiger partial charge in [-0.15, -0.1) is 0 Å². The van der Waals surface area contributed by atoms with Crippen LogP contribution in [-0.4, -0.2) is 17.6 Å². The van der Waals surface area contributed by atoms with E-state index in [0.717, 1.165) is 16.8 Å². The molecule has 1 amide bonds.